The molecule has 2 atom stereocenters. The van der Waals surface area contributed by atoms with Crippen LogP contribution >= 0.6 is 0 Å². The molecule has 2 aliphatic rings. The Labute approximate surface area is 124 Å². The fourth-order valence-electron chi connectivity index (χ4n) is 3.93. The highest BCUT2D eigenvalue weighted by Crippen LogP contribution is 2.54. The maximum absolute atomic E-state index is 11.1. The summed E-state index contributed by atoms with van der Waals surface area (Å²) in [5.74, 6) is 0.132. The van der Waals surface area contributed by atoms with Gasteiger partial charge in [0.1, 0.15) is 11.8 Å². The number of aryl methyl sites for hydroxylation is 1. The van der Waals surface area contributed by atoms with Crippen molar-refractivity contribution in [2.24, 2.45) is 5.41 Å². The molecule has 1 aromatic rings. The first-order chi connectivity index (χ1) is 10.1. The van der Waals surface area contributed by atoms with Gasteiger partial charge < -0.3 is 20.2 Å². The van der Waals surface area contributed by atoms with Crippen molar-refractivity contribution < 1.29 is 9.66 Å². The molecule has 0 amide bonds. The molecule has 21 heavy (non-hydrogen) atoms. The molecular formula is C15H21N3O3. The van der Waals surface area contributed by atoms with E-state index >= 15 is 0 Å². The van der Waals surface area contributed by atoms with Gasteiger partial charge in [-0.15, -0.1) is 0 Å². The Balaban J connectivity index is 1.83. The zero-order valence-electron chi connectivity index (χ0n) is 12.5. The minimum Gasteiger partial charge on any atom is -0.482 e. The van der Waals surface area contributed by atoms with E-state index in [1.54, 1.807) is 19.1 Å². The highest BCUT2D eigenvalue weighted by Gasteiger charge is 2.57. The molecule has 0 saturated heterocycles. The molecule has 0 aliphatic heterocycles. The number of hydrogen-bond donors (Lipinski definition) is 1. The monoisotopic (exact) mass is 291 g/mol. The van der Waals surface area contributed by atoms with E-state index in [9.17, 15) is 10.1 Å². The molecule has 3 rings (SSSR count). The average molecular weight is 291 g/mol. The predicted octanol–water partition coefficient (Wildman–Crippen LogP) is 2.60. The molecule has 1 heterocycles. The summed E-state index contributed by atoms with van der Waals surface area (Å²) in [6.45, 7) is 1.75. The van der Waals surface area contributed by atoms with Crippen molar-refractivity contribution in [3.63, 3.8) is 0 Å². The Morgan fingerprint density at radius 1 is 1.43 bits per heavy atom. The first kappa shape index (κ1) is 14.3. The van der Waals surface area contributed by atoms with E-state index in [0.717, 1.165) is 19.3 Å². The average Bonchev–Trinajstić information content (AvgIpc) is 2.96. The van der Waals surface area contributed by atoms with Gasteiger partial charge in [0.15, 0.2) is 0 Å². The maximum atomic E-state index is 11.1. The second-order valence-corrected chi connectivity index (χ2v) is 6.16. The van der Waals surface area contributed by atoms with Crippen LogP contribution in [-0.4, -0.2) is 29.1 Å². The molecule has 1 spiro atoms. The van der Waals surface area contributed by atoms with Gasteiger partial charge in [0.05, 0.1) is 0 Å². The Hall–Kier alpha value is -1.69. The number of ether oxygens (including phenoxy) is 1. The van der Waals surface area contributed by atoms with Crippen LogP contribution in [0.25, 0.3) is 0 Å². The van der Waals surface area contributed by atoms with E-state index < -0.39 is 4.92 Å². The summed E-state index contributed by atoms with van der Waals surface area (Å²) in [6, 6.07) is 3.90. The third-order valence-electron chi connectivity index (χ3n) is 5.09. The number of aromatic nitrogens is 1. The lowest BCUT2D eigenvalue weighted by atomic mass is 9.60. The minimum atomic E-state index is -0.460. The third kappa shape index (κ3) is 2.27. The summed E-state index contributed by atoms with van der Waals surface area (Å²) in [7, 11) is 1.98. The summed E-state index contributed by atoms with van der Waals surface area (Å²) in [6.07, 6.45) is 5.66. The summed E-state index contributed by atoms with van der Waals surface area (Å²) in [4.78, 5) is 14.7. The smallest absolute Gasteiger partial charge is 0.406 e. The largest absolute Gasteiger partial charge is 0.482 e. The fourth-order valence-corrected chi connectivity index (χ4v) is 3.93. The SMILES string of the molecule is CNC1CC(Oc2ccc(C)nc2[N+](=O)[O-])C12CCCC2. The highest BCUT2D eigenvalue weighted by molar-refractivity contribution is 5.41. The van der Waals surface area contributed by atoms with Crippen LogP contribution in [0.3, 0.4) is 0 Å². The maximum Gasteiger partial charge on any atom is 0.406 e. The van der Waals surface area contributed by atoms with Gasteiger partial charge in [-0.2, -0.15) is 0 Å². The van der Waals surface area contributed by atoms with E-state index in [1.165, 1.54) is 12.8 Å². The predicted molar refractivity (Wildman–Crippen MR) is 78.4 cm³/mol. The van der Waals surface area contributed by atoms with Gasteiger partial charge in [0.25, 0.3) is 0 Å². The van der Waals surface area contributed by atoms with E-state index in [4.69, 9.17) is 4.74 Å². The molecular weight excluding hydrogens is 270 g/mol. The van der Waals surface area contributed by atoms with E-state index in [-0.39, 0.29) is 17.3 Å². The number of nitrogens with zero attached hydrogens (tertiary/aromatic N) is 2. The molecule has 1 N–H and O–H groups in total. The van der Waals surface area contributed by atoms with Crippen molar-refractivity contribution in [1.82, 2.24) is 10.3 Å². The first-order valence-corrected chi connectivity index (χ1v) is 7.53. The first-order valence-electron chi connectivity index (χ1n) is 7.53. The molecule has 2 aliphatic carbocycles. The quantitative estimate of drug-likeness (QED) is 0.681. The lowest BCUT2D eigenvalue weighted by Crippen LogP contribution is -2.63. The Morgan fingerprint density at radius 3 is 2.76 bits per heavy atom. The van der Waals surface area contributed by atoms with Gasteiger partial charge >= 0.3 is 5.82 Å². The third-order valence-corrected chi connectivity index (χ3v) is 5.09. The molecule has 114 valence electrons. The zero-order valence-corrected chi connectivity index (χ0v) is 12.5. The van der Waals surface area contributed by atoms with Gasteiger partial charge in [-0.1, -0.05) is 12.8 Å². The zero-order chi connectivity index (χ0) is 15.0. The summed E-state index contributed by atoms with van der Waals surface area (Å²) in [5.41, 5.74) is 0.777. The molecule has 0 radical (unpaired) electrons. The van der Waals surface area contributed by atoms with Crippen molar-refractivity contribution in [3.8, 4) is 5.75 Å². The number of nitrogens with one attached hydrogen (secondary N) is 1. The van der Waals surface area contributed by atoms with Crippen LogP contribution < -0.4 is 10.1 Å². The number of pyridine rings is 1. The van der Waals surface area contributed by atoms with Crippen molar-refractivity contribution in [1.29, 1.82) is 0 Å². The van der Waals surface area contributed by atoms with Crippen LogP contribution in [0.15, 0.2) is 12.1 Å². The fraction of sp³-hybridized carbons (Fsp3) is 0.667. The van der Waals surface area contributed by atoms with Gasteiger partial charge in [-0.25, -0.2) is 0 Å². The summed E-state index contributed by atoms with van der Waals surface area (Å²) >= 11 is 0. The van der Waals surface area contributed by atoms with E-state index in [0.29, 0.717) is 17.5 Å². The summed E-state index contributed by atoms with van der Waals surface area (Å²) < 4.78 is 6.02. The molecule has 2 unspecified atom stereocenters. The van der Waals surface area contributed by atoms with Crippen LogP contribution in [-0.2, 0) is 0 Å². The van der Waals surface area contributed by atoms with E-state index in [2.05, 4.69) is 10.3 Å². The Kier molecular flexibility index (Phi) is 3.57. The number of rotatable bonds is 4. The normalized spacial score (nSPS) is 26.6. The van der Waals surface area contributed by atoms with Gasteiger partial charge in [0.2, 0.25) is 5.75 Å². The van der Waals surface area contributed by atoms with Crippen molar-refractivity contribution >= 4 is 5.82 Å². The number of nitro groups is 1. The van der Waals surface area contributed by atoms with Gasteiger partial charge in [0, 0.05) is 24.8 Å². The standard InChI is InChI=1S/C15H21N3O3/c1-10-5-6-11(14(17-10)18(19)20)21-13-9-12(16-2)15(13)7-3-4-8-15/h5-6,12-13,16H,3-4,7-9H2,1-2H3. The number of hydrogen-bond acceptors (Lipinski definition) is 5. The Bertz CT molecular complexity index is 555. The molecule has 6 heteroatoms. The van der Waals surface area contributed by atoms with Crippen LogP contribution in [0.5, 0.6) is 5.75 Å². The van der Waals surface area contributed by atoms with Crippen molar-refractivity contribution in [2.75, 3.05) is 7.05 Å². The lowest BCUT2D eigenvalue weighted by molar-refractivity contribution is -0.391. The second-order valence-electron chi connectivity index (χ2n) is 6.16. The highest BCUT2D eigenvalue weighted by atomic mass is 16.6. The van der Waals surface area contributed by atoms with Crippen LogP contribution in [0.4, 0.5) is 5.82 Å². The topological polar surface area (TPSA) is 77.3 Å². The molecule has 2 fully saturated rings. The van der Waals surface area contributed by atoms with Crippen LogP contribution in [0.1, 0.15) is 37.8 Å². The minimum absolute atomic E-state index is 0.0562. The molecule has 2 saturated carbocycles. The molecule has 0 aromatic carbocycles. The molecule has 1 aromatic heterocycles. The molecule has 6 nitrogen and oxygen atoms in total. The lowest BCUT2D eigenvalue weighted by Gasteiger charge is -2.53. The Morgan fingerprint density at radius 2 is 2.14 bits per heavy atom. The van der Waals surface area contributed by atoms with Crippen molar-refractivity contribution in [2.45, 2.75) is 51.2 Å². The van der Waals surface area contributed by atoms with Crippen molar-refractivity contribution in [3.05, 3.63) is 27.9 Å². The van der Waals surface area contributed by atoms with Gasteiger partial charge in [-0.05, 0) is 41.9 Å². The van der Waals surface area contributed by atoms with E-state index in [1.807, 2.05) is 7.05 Å². The van der Waals surface area contributed by atoms with Crippen LogP contribution in [0.2, 0.25) is 0 Å². The summed E-state index contributed by atoms with van der Waals surface area (Å²) in [5, 5.41) is 14.5. The van der Waals surface area contributed by atoms with Gasteiger partial charge in [-0.3, -0.25) is 0 Å². The molecule has 0 bridgehead atoms. The second kappa shape index (κ2) is 5.26. The van der Waals surface area contributed by atoms with Crippen LogP contribution in [0, 0.1) is 22.5 Å².